The summed E-state index contributed by atoms with van der Waals surface area (Å²) in [5.74, 6) is -3.90. The summed E-state index contributed by atoms with van der Waals surface area (Å²) in [4.78, 5) is 24.3. The van der Waals surface area contributed by atoms with Gasteiger partial charge in [-0.2, -0.15) is 0 Å². The lowest BCUT2D eigenvalue weighted by Gasteiger charge is -2.10. The second-order valence-electron chi connectivity index (χ2n) is 6.32. The molecule has 0 saturated carbocycles. The summed E-state index contributed by atoms with van der Waals surface area (Å²) in [5, 5.41) is 2.04. The number of carbonyl (C=O) groups is 2. The Morgan fingerprint density at radius 2 is 1.62 bits per heavy atom. The first-order chi connectivity index (χ1) is 13.8. The van der Waals surface area contributed by atoms with Crippen LogP contribution < -0.4 is 5.32 Å². The van der Waals surface area contributed by atoms with Crippen molar-refractivity contribution in [2.24, 2.45) is 0 Å². The minimum absolute atomic E-state index is 0.219. The van der Waals surface area contributed by atoms with Gasteiger partial charge in [0.15, 0.2) is 6.61 Å². The molecule has 0 fully saturated rings. The number of carbonyl (C=O) groups excluding carboxylic acids is 2. The minimum Gasteiger partial charge on any atom is -0.452 e. The van der Waals surface area contributed by atoms with E-state index >= 15 is 0 Å². The Morgan fingerprint density at radius 3 is 2.24 bits per heavy atom. The summed E-state index contributed by atoms with van der Waals surface area (Å²) in [7, 11) is 0. The second kappa shape index (κ2) is 8.22. The number of hydrogen-bond acceptors (Lipinski definition) is 3. The summed E-state index contributed by atoms with van der Waals surface area (Å²) >= 11 is 0. The lowest BCUT2D eigenvalue weighted by atomic mass is 10.2. The Kier molecular flexibility index (Phi) is 5.72. The topological polar surface area (TPSA) is 60.3 Å². The van der Waals surface area contributed by atoms with E-state index in [1.807, 2.05) is 5.32 Å². The number of anilines is 1. The molecule has 150 valence electrons. The highest BCUT2D eigenvalue weighted by atomic mass is 19.1. The molecule has 29 heavy (non-hydrogen) atoms. The number of halogens is 3. The first-order valence-electron chi connectivity index (χ1n) is 8.64. The normalized spacial score (nSPS) is 10.7. The summed E-state index contributed by atoms with van der Waals surface area (Å²) < 4.78 is 47.0. The van der Waals surface area contributed by atoms with Crippen LogP contribution >= 0.6 is 0 Å². The first kappa shape index (κ1) is 20.2. The van der Waals surface area contributed by atoms with Crippen LogP contribution in [0.25, 0.3) is 5.69 Å². The number of esters is 1. The average Bonchev–Trinajstić information content (AvgIpc) is 2.98. The molecule has 2 aromatic carbocycles. The van der Waals surface area contributed by atoms with Crippen molar-refractivity contribution in [1.29, 1.82) is 0 Å². The zero-order valence-electron chi connectivity index (χ0n) is 15.6. The van der Waals surface area contributed by atoms with Gasteiger partial charge in [-0.25, -0.2) is 18.0 Å². The highest BCUT2D eigenvalue weighted by Gasteiger charge is 2.20. The van der Waals surface area contributed by atoms with Crippen LogP contribution in [-0.4, -0.2) is 23.1 Å². The molecule has 3 rings (SSSR count). The van der Waals surface area contributed by atoms with E-state index in [4.69, 9.17) is 4.74 Å². The van der Waals surface area contributed by atoms with Gasteiger partial charge in [0.25, 0.3) is 5.91 Å². The van der Waals surface area contributed by atoms with Crippen molar-refractivity contribution in [2.45, 2.75) is 13.8 Å². The monoisotopic (exact) mass is 402 g/mol. The number of aryl methyl sites for hydroxylation is 1. The minimum atomic E-state index is -0.937. The Morgan fingerprint density at radius 1 is 1.00 bits per heavy atom. The van der Waals surface area contributed by atoms with E-state index in [1.54, 1.807) is 36.6 Å². The third kappa shape index (κ3) is 4.31. The van der Waals surface area contributed by atoms with Gasteiger partial charge in [-0.3, -0.25) is 4.79 Å². The van der Waals surface area contributed by atoms with Gasteiger partial charge in [-0.1, -0.05) is 6.07 Å². The van der Waals surface area contributed by atoms with E-state index in [9.17, 15) is 22.8 Å². The van der Waals surface area contributed by atoms with Crippen molar-refractivity contribution < 1.29 is 27.5 Å². The molecule has 0 unspecified atom stereocenters. The number of hydrogen-bond donors (Lipinski definition) is 1. The molecular weight excluding hydrogens is 385 g/mol. The van der Waals surface area contributed by atoms with Crippen molar-refractivity contribution in [3.8, 4) is 5.69 Å². The first-order valence-corrected chi connectivity index (χ1v) is 8.64. The number of nitrogens with one attached hydrogen (secondary N) is 1. The predicted octanol–water partition coefficient (Wildman–Crippen LogP) is 4.31. The number of nitrogens with zero attached hydrogens (tertiary/aromatic N) is 1. The number of amides is 1. The molecule has 5 nitrogen and oxygen atoms in total. The van der Waals surface area contributed by atoms with Crippen LogP contribution in [0.1, 0.15) is 21.7 Å². The molecule has 1 heterocycles. The van der Waals surface area contributed by atoms with E-state index in [0.29, 0.717) is 17.1 Å². The van der Waals surface area contributed by atoms with Crippen LogP contribution in [0.5, 0.6) is 0 Å². The van der Waals surface area contributed by atoms with Gasteiger partial charge in [0, 0.05) is 17.1 Å². The van der Waals surface area contributed by atoms with Gasteiger partial charge >= 0.3 is 5.97 Å². The van der Waals surface area contributed by atoms with Crippen LogP contribution in [0.15, 0.2) is 48.5 Å². The lowest BCUT2D eigenvalue weighted by molar-refractivity contribution is -0.119. The summed E-state index contributed by atoms with van der Waals surface area (Å²) in [5.41, 5.74) is 1.52. The van der Waals surface area contributed by atoms with Crippen LogP contribution in [0.4, 0.5) is 18.9 Å². The lowest BCUT2D eigenvalue weighted by Crippen LogP contribution is -2.22. The molecule has 0 aliphatic carbocycles. The number of para-hydroxylation sites is 1. The van der Waals surface area contributed by atoms with E-state index in [2.05, 4.69) is 0 Å². The molecule has 8 heteroatoms. The van der Waals surface area contributed by atoms with Crippen LogP contribution in [0, 0.1) is 31.3 Å². The molecule has 0 atom stereocenters. The SMILES string of the molecule is Cc1cc(C(=O)OCC(=O)Nc2c(F)cccc2F)c(C)n1-c1ccc(F)cc1. The smallest absolute Gasteiger partial charge is 0.340 e. The summed E-state index contributed by atoms with van der Waals surface area (Å²) in [6.07, 6.45) is 0. The molecule has 0 bridgehead atoms. The highest BCUT2D eigenvalue weighted by molar-refractivity contribution is 5.96. The third-order valence-corrected chi connectivity index (χ3v) is 4.30. The number of ether oxygens (including phenoxy) is 1. The fourth-order valence-corrected chi connectivity index (χ4v) is 2.96. The van der Waals surface area contributed by atoms with E-state index in [1.165, 1.54) is 12.1 Å². The van der Waals surface area contributed by atoms with E-state index in [-0.39, 0.29) is 11.4 Å². The predicted molar refractivity (Wildman–Crippen MR) is 100 cm³/mol. The number of benzene rings is 2. The molecule has 0 aliphatic rings. The highest BCUT2D eigenvalue weighted by Crippen LogP contribution is 2.22. The Bertz CT molecular complexity index is 1060. The van der Waals surface area contributed by atoms with Crippen molar-refractivity contribution in [3.63, 3.8) is 0 Å². The molecular formula is C21H17F3N2O3. The summed E-state index contributed by atoms with van der Waals surface area (Å²) in [6.45, 7) is 2.73. The van der Waals surface area contributed by atoms with Crippen LogP contribution in [0.2, 0.25) is 0 Å². The second-order valence-corrected chi connectivity index (χ2v) is 6.32. The fourth-order valence-electron chi connectivity index (χ4n) is 2.96. The molecule has 3 aromatic rings. The molecule has 0 spiro atoms. The molecule has 1 N–H and O–H groups in total. The van der Waals surface area contributed by atoms with Crippen molar-refractivity contribution >= 4 is 17.6 Å². The Balaban J connectivity index is 1.71. The Labute approximate surface area is 164 Å². The molecule has 1 amide bonds. The van der Waals surface area contributed by atoms with Crippen LogP contribution in [-0.2, 0) is 9.53 Å². The maximum atomic E-state index is 13.6. The van der Waals surface area contributed by atoms with Gasteiger partial charge in [0.05, 0.1) is 5.56 Å². The van der Waals surface area contributed by atoms with Crippen molar-refractivity contribution in [3.05, 3.63) is 82.9 Å². The van der Waals surface area contributed by atoms with Crippen molar-refractivity contribution in [2.75, 3.05) is 11.9 Å². The number of rotatable bonds is 5. The molecule has 0 aliphatic heterocycles. The van der Waals surface area contributed by atoms with Crippen molar-refractivity contribution in [1.82, 2.24) is 4.57 Å². The zero-order valence-corrected chi connectivity index (χ0v) is 15.6. The quantitative estimate of drug-likeness (QED) is 0.647. The maximum absolute atomic E-state index is 13.6. The largest absolute Gasteiger partial charge is 0.452 e. The Hall–Kier alpha value is -3.55. The van der Waals surface area contributed by atoms with Gasteiger partial charge in [0.1, 0.15) is 23.1 Å². The van der Waals surface area contributed by atoms with Crippen LogP contribution in [0.3, 0.4) is 0 Å². The van der Waals surface area contributed by atoms with E-state index < -0.39 is 35.8 Å². The maximum Gasteiger partial charge on any atom is 0.340 e. The van der Waals surface area contributed by atoms with Gasteiger partial charge in [0.2, 0.25) is 0 Å². The number of aromatic nitrogens is 1. The molecule has 1 aromatic heterocycles. The molecule has 0 radical (unpaired) electrons. The summed E-state index contributed by atoms with van der Waals surface area (Å²) in [6, 6.07) is 10.5. The molecule has 0 saturated heterocycles. The zero-order chi connectivity index (χ0) is 21.1. The van der Waals surface area contributed by atoms with Gasteiger partial charge in [-0.15, -0.1) is 0 Å². The third-order valence-electron chi connectivity index (χ3n) is 4.30. The van der Waals surface area contributed by atoms with E-state index in [0.717, 1.165) is 18.2 Å². The van der Waals surface area contributed by atoms with Gasteiger partial charge in [-0.05, 0) is 56.3 Å². The van der Waals surface area contributed by atoms with Gasteiger partial charge < -0.3 is 14.6 Å². The fraction of sp³-hybridized carbons (Fsp3) is 0.143. The standard InChI is InChI=1S/C21H17F3N2O3/c1-12-10-16(13(2)26(12)15-8-6-14(22)7-9-15)21(28)29-11-19(27)25-20-17(23)4-3-5-18(20)24/h3-10H,11H2,1-2H3,(H,25,27). The average molecular weight is 402 g/mol.